The van der Waals surface area contributed by atoms with Gasteiger partial charge < -0.3 is 5.11 Å². The van der Waals surface area contributed by atoms with E-state index in [0.29, 0.717) is 0 Å². The van der Waals surface area contributed by atoms with Gasteiger partial charge in [-0.1, -0.05) is 5.57 Å². The molecule has 0 radical (unpaired) electrons. The number of amides is 2. The first-order valence-corrected chi connectivity index (χ1v) is 4.81. The highest BCUT2D eigenvalue weighted by Crippen LogP contribution is 2.39. The molecular weight excluding hydrogens is 182 g/mol. The van der Waals surface area contributed by atoms with Gasteiger partial charge in [0.25, 0.3) is 5.91 Å². The SMILES string of the molecule is CC1=C2C(=O)NC(=O)C(CO)C2CC1. The number of piperidine rings is 1. The molecule has 0 spiro atoms. The summed E-state index contributed by atoms with van der Waals surface area (Å²) in [6, 6.07) is 0. The summed E-state index contributed by atoms with van der Waals surface area (Å²) in [7, 11) is 0. The van der Waals surface area contributed by atoms with Crippen molar-refractivity contribution in [3.63, 3.8) is 0 Å². The molecule has 4 nitrogen and oxygen atoms in total. The third kappa shape index (κ3) is 1.18. The highest BCUT2D eigenvalue weighted by molar-refractivity contribution is 6.09. The normalized spacial score (nSPS) is 31.9. The number of carbonyl (C=O) groups is 2. The summed E-state index contributed by atoms with van der Waals surface area (Å²) in [5, 5.41) is 11.4. The Morgan fingerprint density at radius 2 is 2.21 bits per heavy atom. The van der Waals surface area contributed by atoms with Crippen LogP contribution in [0.4, 0.5) is 0 Å². The van der Waals surface area contributed by atoms with Crippen molar-refractivity contribution >= 4 is 11.8 Å². The molecule has 4 heteroatoms. The van der Waals surface area contributed by atoms with Crippen molar-refractivity contribution in [2.45, 2.75) is 19.8 Å². The fourth-order valence-electron chi connectivity index (χ4n) is 2.40. The molecular formula is C10H13NO3. The lowest BCUT2D eigenvalue weighted by molar-refractivity contribution is -0.136. The number of carbonyl (C=O) groups excluding carboxylic acids is 2. The first-order chi connectivity index (χ1) is 6.65. The summed E-state index contributed by atoms with van der Waals surface area (Å²) in [6.07, 6.45) is 1.67. The number of imide groups is 1. The molecule has 0 aromatic carbocycles. The summed E-state index contributed by atoms with van der Waals surface area (Å²) >= 11 is 0. The minimum Gasteiger partial charge on any atom is -0.396 e. The van der Waals surface area contributed by atoms with Crippen LogP contribution in [0.1, 0.15) is 19.8 Å². The van der Waals surface area contributed by atoms with E-state index in [1.54, 1.807) is 0 Å². The first-order valence-electron chi connectivity index (χ1n) is 4.81. The van der Waals surface area contributed by atoms with Crippen molar-refractivity contribution in [3.05, 3.63) is 11.1 Å². The Morgan fingerprint density at radius 1 is 1.50 bits per heavy atom. The zero-order chi connectivity index (χ0) is 10.3. The lowest BCUT2D eigenvalue weighted by atomic mass is 9.83. The van der Waals surface area contributed by atoms with Crippen LogP contribution >= 0.6 is 0 Å². The van der Waals surface area contributed by atoms with Crippen molar-refractivity contribution in [3.8, 4) is 0 Å². The van der Waals surface area contributed by atoms with Gasteiger partial charge in [0.1, 0.15) is 0 Å². The fraction of sp³-hybridized carbons (Fsp3) is 0.600. The van der Waals surface area contributed by atoms with E-state index in [0.717, 1.165) is 24.0 Å². The number of rotatable bonds is 1. The number of aliphatic hydroxyl groups is 1. The fourth-order valence-corrected chi connectivity index (χ4v) is 2.40. The Morgan fingerprint density at radius 3 is 2.86 bits per heavy atom. The minimum atomic E-state index is -0.430. The molecule has 0 bridgehead atoms. The van der Waals surface area contributed by atoms with Gasteiger partial charge in [0, 0.05) is 11.5 Å². The molecule has 2 rings (SSSR count). The third-order valence-corrected chi connectivity index (χ3v) is 3.16. The molecule has 0 aromatic heterocycles. The van der Waals surface area contributed by atoms with Crippen molar-refractivity contribution in [2.24, 2.45) is 11.8 Å². The Kier molecular flexibility index (Phi) is 2.15. The van der Waals surface area contributed by atoms with Crippen LogP contribution in [0.25, 0.3) is 0 Å². The van der Waals surface area contributed by atoms with E-state index in [4.69, 9.17) is 5.11 Å². The van der Waals surface area contributed by atoms with Crippen molar-refractivity contribution < 1.29 is 14.7 Å². The lowest BCUT2D eigenvalue weighted by Gasteiger charge is -2.27. The second kappa shape index (κ2) is 3.20. The van der Waals surface area contributed by atoms with Gasteiger partial charge in [-0.15, -0.1) is 0 Å². The molecule has 2 atom stereocenters. The Hall–Kier alpha value is -1.16. The van der Waals surface area contributed by atoms with Gasteiger partial charge in [0.2, 0.25) is 5.91 Å². The van der Waals surface area contributed by atoms with Crippen LogP contribution in [0.3, 0.4) is 0 Å². The van der Waals surface area contributed by atoms with E-state index in [1.165, 1.54) is 0 Å². The molecule has 0 saturated carbocycles. The van der Waals surface area contributed by atoms with Crippen molar-refractivity contribution in [1.82, 2.24) is 5.32 Å². The van der Waals surface area contributed by atoms with E-state index in [1.807, 2.05) is 6.92 Å². The topological polar surface area (TPSA) is 66.4 Å². The number of allylic oxidation sites excluding steroid dienone is 1. The Balaban J connectivity index is 2.37. The highest BCUT2D eigenvalue weighted by Gasteiger charge is 2.42. The summed E-state index contributed by atoms with van der Waals surface area (Å²) in [5.41, 5.74) is 1.78. The summed E-state index contributed by atoms with van der Waals surface area (Å²) < 4.78 is 0. The monoisotopic (exact) mass is 195 g/mol. The van der Waals surface area contributed by atoms with E-state index in [-0.39, 0.29) is 24.3 Å². The number of aliphatic hydroxyl groups excluding tert-OH is 1. The first kappa shape index (κ1) is 9.40. The number of fused-ring (bicyclic) bond motifs is 1. The van der Waals surface area contributed by atoms with E-state index < -0.39 is 5.92 Å². The van der Waals surface area contributed by atoms with Crippen LogP contribution in [-0.2, 0) is 9.59 Å². The molecule has 2 amide bonds. The Labute approximate surface area is 82.0 Å². The van der Waals surface area contributed by atoms with Crippen molar-refractivity contribution in [2.75, 3.05) is 6.61 Å². The van der Waals surface area contributed by atoms with Gasteiger partial charge in [-0.25, -0.2) is 0 Å². The maximum atomic E-state index is 11.5. The van der Waals surface area contributed by atoms with E-state index in [9.17, 15) is 9.59 Å². The Bertz CT molecular complexity index is 332. The van der Waals surface area contributed by atoms with Gasteiger partial charge in [-0.2, -0.15) is 0 Å². The lowest BCUT2D eigenvalue weighted by Crippen LogP contribution is -2.48. The predicted octanol–water partition coefficient (Wildman–Crippen LogP) is -0.0222. The van der Waals surface area contributed by atoms with Crippen LogP contribution < -0.4 is 5.32 Å². The van der Waals surface area contributed by atoms with Crippen LogP contribution in [0, 0.1) is 11.8 Å². The summed E-state index contributed by atoms with van der Waals surface area (Å²) in [4.78, 5) is 22.9. The molecule has 2 N–H and O–H groups in total. The summed E-state index contributed by atoms with van der Waals surface area (Å²) in [5.74, 6) is -1.08. The van der Waals surface area contributed by atoms with Crippen LogP contribution in [0.15, 0.2) is 11.1 Å². The zero-order valence-electron chi connectivity index (χ0n) is 8.04. The zero-order valence-corrected chi connectivity index (χ0v) is 8.04. The van der Waals surface area contributed by atoms with Gasteiger partial charge in [0.15, 0.2) is 0 Å². The van der Waals surface area contributed by atoms with Gasteiger partial charge in [-0.05, 0) is 19.8 Å². The molecule has 1 aliphatic heterocycles. The molecule has 1 aliphatic carbocycles. The third-order valence-electron chi connectivity index (χ3n) is 3.16. The number of nitrogens with one attached hydrogen (secondary N) is 1. The molecule has 2 aliphatic rings. The quantitative estimate of drug-likeness (QED) is 0.578. The molecule has 1 heterocycles. The largest absolute Gasteiger partial charge is 0.396 e. The molecule has 0 aromatic rings. The van der Waals surface area contributed by atoms with Gasteiger partial charge >= 0.3 is 0 Å². The maximum absolute atomic E-state index is 11.5. The molecule has 14 heavy (non-hydrogen) atoms. The van der Waals surface area contributed by atoms with Gasteiger partial charge in [-0.3, -0.25) is 14.9 Å². The number of hydrogen-bond donors (Lipinski definition) is 2. The maximum Gasteiger partial charge on any atom is 0.254 e. The average molecular weight is 195 g/mol. The molecule has 2 unspecified atom stereocenters. The van der Waals surface area contributed by atoms with Crippen molar-refractivity contribution in [1.29, 1.82) is 0 Å². The van der Waals surface area contributed by atoms with Crippen LogP contribution in [-0.4, -0.2) is 23.5 Å². The predicted molar refractivity (Wildman–Crippen MR) is 49.1 cm³/mol. The van der Waals surface area contributed by atoms with Gasteiger partial charge in [0.05, 0.1) is 12.5 Å². The van der Waals surface area contributed by atoms with E-state index >= 15 is 0 Å². The van der Waals surface area contributed by atoms with Crippen LogP contribution in [0.5, 0.6) is 0 Å². The molecule has 76 valence electrons. The van der Waals surface area contributed by atoms with E-state index in [2.05, 4.69) is 5.32 Å². The second-order valence-corrected chi connectivity index (χ2v) is 3.95. The highest BCUT2D eigenvalue weighted by atomic mass is 16.3. The average Bonchev–Trinajstić information content (AvgIpc) is 2.49. The minimum absolute atomic E-state index is 0.0544. The summed E-state index contributed by atoms with van der Waals surface area (Å²) in [6.45, 7) is 1.74. The second-order valence-electron chi connectivity index (χ2n) is 3.95. The standard InChI is InChI=1S/C10H13NO3/c1-5-2-3-6-7(4-12)9(13)11-10(14)8(5)6/h6-7,12H,2-4H2,1H3,(H,11,13,14). The van der Waals surface area contributed by atoms with Crippen LogP contribution in [0.2, 0.25) is 0 Å². The molecule has 1 fully saturated rings. The number of hydrogen-bond acceptors (Lipinski definition) is 3. The smallest absolute Gasteiger partial charge is 0.254 e. The molecule has 1 saturated heterocycles.